The molecule has 36 heavy (non-hydrogen) atoms. The number of benzene rings is 1. The van der Waals surface area contributed by atoms with Gasteiger partial charge in [-0.15, -0.1) is 0 Å². The molecule has 0 saturated carbocycles. The first kappa shape index (κ1) is 23.5. The Hall–Kier alpha value is -4.28. The molecule has 0 aliphatic carbocycles. The predicted octanol–water partition coefficient (Wildman–Crippen LogP) is 4.65. The number of nitrogens with one attached hydrogen (secondary N) is 2. The number of amides is 1. The SMILES string of the molecule is CNc1ncc2c(n1)N1CC(C)N=C1C(c1cc(NC(=O)c3cc(C(F)(F)F)ccn3)ccc1C)=C2. The average Bonchev–Trinajstić information content (AvgIpc) is 3.25. The molecular weight excluding hydrogens is 471 g/mol. The quantitative estimate of drug-likeness (QED) is 0.549. The number of hydrogen-bond donors (Lipinski definition) is 2. The fraction of sp³-hybridized carbons (Fsp3) is 0.240. The topological polar surface area (TPSA) is 95.4 Å². The summed E-state index contributed by atoms with van der Waals surface area (Å²) in [5, 5.41) is 5.62. The number of anilines is 3. The molecule has 0 fully saturated rings. The third kappa shape index (κ3) is 4.28. The van der Waals surface area contributed by atoms with E-state index in [4.69, 9.17) is 4.99 Å². The van der Waals surface area contributed by atoms with Gasteiger partial charge in [0.2, 0.25) is 5.95 Å². The number of aryl methyl sites for hydroxylation is 1. The number of carbonyl (C=O) groups excluding carboxylic acids is 1. The van der Waals surface area contributed by atoms with Gasteiger partial charge >= 0.3 is 6.18 Å². The molecule has 184 valence electrons. The van der Waals surface area contributed by atoms with Gasteiger partial charge in [-0.25, -0.2) is 4.98 Å². The van der Waals surface area contributed by atoms with Crippen molar-refractivity contribution in [3.05, 3.63) is 70.7 Å². The van der Waals surface area contributed by atoms with Gasteiger partial charge in [-0.05, 0) is 55.3 Å². The van der Waals surface area contributed by atoms with Gasteiger partial charge in [0.05, 0.1) is 11.6 Å². The first-order chi connectivity index (χ1) is 17.1. The van der Waals surface area contributed by atoms with Crippen LogP contribution in [0.15, 0.2) is 47.7 Å². The second-order valence-corrected chi connectivity index (χ2v) is 8.60. The highest BCUT2D eigenvalue weighted by Crippen LogP contribution is 2.38. The van der Waals surface area contributed by atoms with Crippen molar-refractivity contribution in [2.24, 2.45) is 4.99 Å². The van der Waals surface area contributed by atoms with E-state index in [2.05, 4.69) is 30.5 Å². The van der Waals surface area contributed by atoms with E-state index in [0.29, 0.717) is 18.2 Å². The molecule has 0 bridgehead atoms. The highest BCUT2D eigenvalue weighted by molar-refractivity contribution is 6.36. The molecule has 5 rings (SSSR count). The molecule has 0 radical (unpaired) electrons. The van der Waals surface area contributed by atoms with E-state index < -0.39 is 17.6 Å². The minimum absolute atomic E-state index is 0.0533. The maximum absolute atomic E-state index is 13.1. The molecule has 0 spiro atoms. The zero-order valence-corrected chi connectivity index (χ0v) is 19.7. The average molecular weight is 493 g/mol. The maximum Gasteiger partial charge on any atom is 0.416 e. The maximum atomic E-state index is 13.1. The molecule has 1 aromatic carbocycles. The van der Waals surface area contributed by atoms with Crippen LogP contribution in [0.2, 0.25) is 0 Å². The smallest absolute Gasteiger partial charge is 0.357 e. The van der Waals surface area contributed by atoms with Gasteiger partial charge in [0.15, 0.2) is 0 Å². The summed E-state index contributed by atoms with van der Waals surface area (Å²) in [5.74, 6) is 1.30. The van der Waals surface area contributed by atoms with Crippen molar-refractivity contribution in [1.82, 2.24) is 15.0 Å². The van der Waals surface area contributed by atoms with Crippen molar-refractivity contribution >= 4 is 40.8 Å². The van der Waals surface area contributed by atoms with Crippen LogP contribution in [-0.2, 0) is 6.18 Å². The molecule has 2 aromatic heterocycles. The molecule has 1 amide bonds. The molecule has 8 nitrogen and oxygen atoms in total. The Morgan fingerprint density at radius 1 is 1.17 bits per heavy atom. The number of aliphatic imine (C=N–C) groups is 1. The Bertz CT molecular complexity index is 1430. The molecule has 3 aromatic rings. The van der Waals surface area contributed by atoms with E-state index in [0.717, 1.165) is 52.2 Å². The first-order valence-corrected chi connectivity index (χ1v) is 11.2. The lowest BCUT2D eigenvalue weighted by Crippen LogP contribution is -2.33. The van der Waals surface area contributed by atoms with Crippen molar-refractivity contribution in [3.8, 4) is 0 Å². The summed E-state index contributed by atoms with van der Waals surface area (Å²) in [6.07, 6.45) is 0.109. The largest absolute Gasteiger partial charge is 0.416 e. The predicted molar refractivity (Wildman–Crippen MR) is 132 cm³/mol. The Morgan fingerprint density at radius 3 is 2.72 bits per heavy atom. The molecule has 2 aliphatic heterocycles. The lowest BCUT2D eigenvalue weighted by atomic mass is 9.94. The van der Waals surface area contributed by atoms with E-state index >= 15 is 0 Å². The van der Waals surface area contributed by atoms with Crippen LogP contribution >= 0.6 is 0 Å². The van der Waals surface area contributed by atoms with Crippen LogP contribution in [0.25, 0.3) is 11.6 Å². The second kappa shape index (κ2) is 8.74. The van der Waals surface area contributed by atoms with Gasteiger partial charge in [-0.3, -0.25) is 14.8 Å². The Morgan fingerprint density at radius 2 is 1.97 bits per heavy atom. The summed E-state index contributed by atoms with van der Waals surface area (Å²) >= 11 is 0. The Labute approximate surface area is 205 Å². The number of rotatable bonds is 4. The third-order valence-corrected chi connectivity index (χ3v) is 5.97. The van der Waals surface area contributed by atoms with Crippen molar-refractivity contribution in [1.29, 1.82) is 0 Å². The number of alkyl halides is 3. The molecule has 4 heterocycles. The van der Waals surface area contributed by atoms with E-state index in [1.54, 1.807) is 25.4 Å². The van der Waals surface area contributed by atoms with Crippen LogP contribution in [0, 0.1) is 6.92 Å². The van der Waals surface area contributed by atoms with Crippen LogP contribution in [0.5, 0.6) is 0 Å². The monoisotopic (exact) mass is 493 g/mol. The summed E-state index contributed by atoms with van der Waals surface area (Å²) < 4.78 is 39.2. The van der Waals surface area contributed by atoms with Crippen molar-refractivity contribution in [2.45, 2.75) is 26.1 Å². The lowest BCUT2D eigenvalue weighted by molar-refractivity contribution is -0.137. The third-order valence-electron chi connectivity index (χ3n) is 5.97. The minimum atomic E-state index is -4.57. The van der Waals surface area contributed by atoms with Crippen LogP contribution in [-0.4, -0.2) is 46.3 Å². The lowest BCUT2D eigenvalue weighted by Gasteiger charge is -2.28. The number of halogens is 3. The van der Waals surface area contributed by atoms with Crippen LogP contribution < -0.4 is 15.5 Å². The van der Waals surface area contributed by atoms with Crippen molar-refractivity contribution in [3.63, 3.8) is 0 Å². The van der Waals surface area contributed by atoms with Crippen molar-refractivity contribution in [2.75, 3.05) is 29.1 Å². The van der Waals surface area contributed by atoms with Gasteiger partial charge in [0.1, 0.15) is 17.3 Å². The fourth-order valence-corrected chi connectivity index (χ4v) is 4.23. The summed E-state index contributed by atoms with van der Waals surface area (Å²) in [5.41, 5.74) is 2.61. The molecular formula is C25H22F3N7O. The van der Waals surface area contributed by atoms with E-state index in [1.165, 1.54) is 0 Å². The number of pyridine rings is 1. The zero-order valence-electron chi connectivity index (χ0n) is 19.7. The van der Waals surface area contributed by atoms with Gasteiger partial charge < -0.3 is 15.5 Å². The normalized spacial score (nSPS) is 16.6. The summed E-state index contributed by atoms with van der Waals surface area (Å²) in [6, 6.07) is 6.93. The van der Waals surface area contributed by atoms with Crippen LogP contribution in [0.3, 0.4) is 0 Å². The number of aromatic nitrogens is 3. The molecule has 2 N–H and O–H groups in total. The Kier molecular flexibility index (Phi) is 5.70. The Balaban J connectivity index is 1.51. The second-order valence-electron chi connectivity index (χ2n) is 8.60. The number of amidine groups is 1. The molecule has 11 heteroatoms. The first-order valence-electron chi connectivity index (χ1n) is 11.2. The highest BCUT2D eigenvalue weighted by Gasteiger charge is 2.34. The summed E-state index contributed by atoms with van der Waals surface area (Å²) in [6.45, 7) is 4.63. The summed E-state index contributed by atoms with van der Waals surface area (Å²) in [7, 11) is 1.76. The van der Waals surface area contributed by atoms with Gasteiger partial charge in [0.25, 0.3) is 5.91 Å². The van der Waals surface area contributed by atoms with Gasteiger partial charge in [-0.2, -0.15) is 18.2 Å². The number of carbonyl (C=O) groups is 1. The van der Waals surface area contributed by atoms with Gasteiger partial charge in [0, 0.05) is 42.8 Å². The zero-order chi connectivity index (χ0) is 25.6. The summed E-state index contributed by atoms with van der Waals surface area (Å²) in [4.78, 5) is 32.3. The number of hydrogen-bond acceptors (Lipinski definition) is 7. The minimum Gasteiger partial charge on any atom is -0.357 e. The molecule has 1 unspecified atom stereocenters. The molecule has 1 atom stereocenters. The van der Waals surface area contributed by atoms with Gasteiger partial charge in [-0.1, -0.05) is 6.07 Å². The highest BCUT2D eigenvalue weighted by atomic mass is 19.4. The fourth-order valence-electron chi connectivity index (χ4n) is 4.23. The molecule has 0 saturated heterocycles. The number of nitrogens with zero attached hydrogens (tertiary/aromatic N) is 5. The standard InChI is InChI=1S/C25H22F3N7O/c1-13-4-5-17(33-23(36)20-9-16(6-7-30-20)25(26,27)28)10-18(13)19-8-15-11-31-24(29-3)34-21(15)35-12-14(2)32-22(19)35/h4-11,14H,12H2,1-3H3,(H,33,36)(H,29,31,34). The van der Waals surface area contributed by atoms with Crippen LogP contribution in [0.4, 0.5) is 30.6 Å². The molecule has 2 aliphatic rings. The van der Waals surface area contributed by atoms with Crippen molar-refractivity contribution < 1.29 is 18.0 Å². The van der Waals surface area contributed by atoms with E-state index in [9.17, 15) is 18.0 Å². The number of fused-ring (bicyclic) bond motifs is 3. The van der Waals surface area contributed by atoms with Crippen LogP contribution in [0.1, 0.15) is 39.7 Å². The van der Waals surface area contributed by atoms with E-state index in [-0.39, 0.29) is 11.7 Å². The van der Waals surface area contributed by atoms with E-state index in [1.807, 2.05) is 26.0 Å².